The number of carbonyl (C=O) groups excluding carboxylic acids is 2. The van der Waals surface area contributed by atoms with Crippen molar-refractivity contribution >= 4 is 41.6 Å². The molecule has 0 bridgehead atoms. The molecule has 0 heterocycles. The zero-order valence-corrected chi connectivity index (χ0v) is 19.2. The Bertz CT molecular complexity index is 855. The number of hydrogen-bond acceptors (Lipinski definition) is 2. The van der Waals surface area contributed by atoms with Gasteiger partial charge in [0.15, 0.2) is 0 Å². The van der Waals surface area contributed by atoms with Gasteiger partial charge in [-0.1, -0.05) is 111 Å². The maximum atomic E-state index is 10.5. The van der Waals surface area contributed by atoms with E-state index < -0.39 is 0 Å². The lowest BCUT2D eigenvalue weighted by Crippen LogP contribution is -1.90. The molecule has 3 rings (SSSR count). The van der Waals surface area contributed by atoms with E-state index in [1.807, 2.05) is 42.5 Å². The Morgan fingerprint density at radius 1 is 0.800 bits per heavy atom. The van der Waals surface area contributed by atoms with E-state index in [-0.39, 0.29) is 10.2 Å². The molecule has 0 fully saturated rings. The molecular formula is C26H28O2S2. The molecule has 4 heteroatoms. The number of carbonyl (C=O) groups is 2. The molecule has 0 N–H and O–H groups in total. The molecule has 0 aliphatic carbocycles. The van der Waals surface area contributed by atoms with Gasteiger partial charge in [-0.15, -0.1) is 25.3 Å². The summed E-state index contributed by atoms with van der Waals surface area (Å²) >= 11 is 7.30. The van der Waals surface area contributed by atoms with Crippen molar-refractivity contribution < 1.29 is 9.59 Å². The Morgan fingerprint density at radius 3 is 1.47 bits per heavy atom. The Kier molecular flexibility index (Phi) is 12.3. The van der Waals surface area contributed by atoms with Gasteiger partial charge >= 0.3 is 0 Å². The molecule has 3 aromatic carbocycles. The number of rotatable bonds is 5. The molecule has 0 amide bonds. The van der Waals surface area contributed by atoms with Gasteiger partial charge in [0.2, 0.25) is 10.2 Å². The van der Waals surface area contributed by atoms with Crippen LogP contribution in [0.1, 0.15) is 58.0 Å². The zero-order chi connectivity index (χ0) is 22.4. The topological polar surface area (TPSA) is 34.1 Å². The lowest BCUT2D eigenvalue weighted by molar-refractivity contribution is 0.108. The summed E-state index contributed by atoms with van der Waals surface area (Å²) in [7, 11) is 0. The van der Waals surface area contributed by atoms with Gasteiger partial charge in [0.05, 0.1) is 0 Å². The van der Waals surface area contributed by atoms with Crippen molar-refractivity contribution in [3.05, 3.63) is 114 Å². The minimum Gasteiger partial charge on any atom is -0.282 e. The molecule has 1 atom stereocenters. The first-order chi connectivity index (χ1) is 14.4. The molecular weight excluding hydrogens is 408 g/mol. The zero-order valence-electron chi connectivity index (χ0n) is 17.4. The first-order valence-electron chi connectivity index (χ1n) is 9.68. The van der Waals surface area contributed by atoms with Crippen LogP contribution in [0.2, 0.25) is 0 Å². The van der Waals surface area contributed by atoms with Crippen molar-refractivity contribution in [2.75, 3.05) is 0 Å². The maximum Gasteiger partial charge on any atom is 0.216 e. The molecule has 3 aromatic rings. The molecule has 156 valence electrons. The van der Waals surface area contributed by atoms with E-state index >= 15 is 0 Å². The van der Waals surface area contributed by atoms with Crippen LogP contribution in [0.25, 0.3) is 6.08 Å². The quantitative estimate of drug-likeness (QED) is 0.410. The highest BCUT2D eigenvalue weighted by atomic mass is 32.1. The maximum absolute atomic E-state index is 10.5. The van der Waals surface area contributed by atoms with Crippen molar-refractivity contribution in [3.63, 3.8) is 0 Å². The van der Waals surface area contributed by atoms with Gasteiger partial charge in [-0.3, -0.25) is 9.59 Å². The van der Waals surface area contributed by atoms with Crippen molar-refractivity contribution in [2.24, 2.45) is 0 Å². The number of hydrogen-bond donors (Lipinski definition) is 2. The lowest BCUT2D eigenvalue weighted by atomic mass is 9.98. The highest BCUT2D eigenvalue weighted by Gasteiger charge is 2.00. The minimum atomic E-state index is -0.185. The highest BCUT2D eigenvalue weighted by Crippen LogP contribution is 2.18. The molecule has 0 saturated heterocycles. The third-order valence-electron chi connectivity index (χ3n) is 4.40. The summed E-state index contributed by atoms with van der Waals surface area (Å²) in [5.74, 6) is 0.670. The second-order valence-corrected chi connectivity index (χ2v) is 7.33. The second-order valence-electron chi connectivity index (χ2n) is 6.52. The largest absolute Gasteiger partial charge is 0.282 e. The van der Waals surface area contributed by atoms with Gasteiger partial charge in [0, 0.05) is 11.1 Å². The Balaban J connectivity index is 0.000000229. The fourth-order valence-electron chi connectivity index (χ4n) is 2.36. The number of benzene rings is 3. The smallest absolute Gasteiger partial charge is 0.216 e. The molecule has 2 nitrogen and oxygen atoms in total. The molecule has 0 aliphatic rings. The van der Waals surface area contributed by atoms with E-state index in [9.17, 15) is 9.59 Å². The Labute approximate surface area is 190 Å². The van der Waals surface area contributed by atoms with Crippen LogP contribution in [0, 0.1) is 0 Å². The van der Waals surface area contributed by atoms with Gasteiger partial charge < -0.3 is 0 Å². The van der Waals surface area contributed by atoms with E-state index in [2.05, 4.69) is 69.9 Å². The molecule has 30 heavy (non-hydrogen) atoms. The second kappa shape index (κ2) is 14.4. The van der Waals surface area contributed by atoms with E-state index in [4.69, 9.17) is 0 Å². The first-order valence-corrected chi connectivity index (χ1v) is 10.6. The third kappa shape index (κ3) is 9.77. The van der Waals surface area contributed by atoms with E-state index in [1.54, 1.807) is 24.3 Å². The molecule has 1 unspecified atom stereocenters. The summed E-state index contributed by atoms with van der Waals surface area (Å²) in [6.45, 7) is 8.19. The SMILES string of the molecule is C=Cc1ccc(C(C)CC)cc1.O=C(S)c1ccccc1.O=C(S)c1ccccc1. The van der Waals surface area contributed by atoms with E-state index in [1.165, 1.54) is 17.5 Å². The average molecular weight is 437 g/mol. The van der Waals surface area contributed by atoms with Crippen molar-refractivity contribution in [3.8, 4) is 0 Å². The van der Waals surface area contributed by atoms with E-state index in [0.29, 0.717) is 17.0 Å². The molecule has 0 aliphatic heterocycles. The highest BCUT2D eigenvalue weighted by molar-refractivity contribution is 7.97. The van der Waals surface area contributed by atoms with Gasteiger partial charge in [-0.05, 0) is 23.5 Å². The fourth-order valence-corrected chi connectivity index (χ4v) is 2.66. The first kappa shape index (κ1) is 25.5. The average Bonchev–Trinajstić information content (AvgIpc) is 2.80. The van der Waals surface area contributed by atoms with Crippen LogP contribution in [-0.4, -0.2) is 10.2 Å². The van der Waals surface area contributed by atoms with Crippen LogP contribution in [0.5, 0.6) is 0 Å². The van der Waals surface area contributed by atoms with Gasteiger partial charge in [-0.2, -0.15) is 0 Å². The standard InChI is InChI=1S/C12H16.2C7H6OS/c1-4-10(3)12-8-6-11(5-2)7-9-12;2*8-7(9)6-4-2-1-3-5-6/h5-10H,2,4H2,1,3H3;2*1-5H,(H,8,9). The van der Waals surface area contributed by atoms with Crippen LogP contribution < -0.4 is 0 Å². The molecule has 0 spiro atoms. The van der Waals surface area contributed by atoms with Gasteiger partial charge in [0.25, 0.3) is 0 Å². The fraction of sp³-hybridized carbons (Fsp3) is 0.154. The molecule has 0 radical (unpaired) electrons. The molecule has 0 aromatic heterocycles. The summed E-state index contributed by atoms with van der Waals surface area (Å²) in [4.78, 5) is 21.0. The van der Waals surface area contributed by atoms with Crippen molar-refractivity contribution in [2.45, 2.75) is 26.2 Å². The summed E-state index contributed by atoms with van der Waals surface area (Å²) in [5, 5.41) is -0.369. The Hall–Kier alpha value is -2.56. The summed E-state index contributed by atoms with van der Waals surface area (Å²) in [6, 6.07) is 26.5. The normalized spacial score (nSPS) is 10.4. The summed E-state index contributed by atoms with van der Waals surface area (Å²) in [6.07, 6.45) is 3.08. The summed E-state index contributed by atoms with van der Waals surface area (Å²) in [5.41, 5.74) is 3.90. The summed E-state index contributed by atoms with van der Waals surface area (Å²) < 4.78 is 0. The minimum absolute atomic E-state index is 0.185. The van der Waals surface area contributed by atoms with Gasteiger partial charge in [0.1, 0.15) is 0 Å². The third-order valence-corrected chi connectivity index (χ3v) is 4.91. The monoisotopic (exact) mass is 436 g/mol. The van der Waals surface area contributed by atoms with Crippen LogP contribution in [-0.2, 0) is 0 Å². The number of thiol groups is 2. The van der Waals surface area contributed by atoms with Crippen LogP contribution in [0.3, 0.4) is 0 Å². The van der Waals surface area contributed by atoms with Gasteiger partial charge in [-0.25, -0.2) is 0 Å². The van der Waals surface area contributed by atoms with Crippen LogP contribution in [0.15, 0.2) is 91.5 Å². The lowest BCUT2D eigenvalue weighted by Gasteiger charge is -2.08. The molecule has 0 saturated carbocycles. The van der Waals surface area contributed by atoms with Crippen LogP contribution >= 0.6 is 25.3 Å². The predicted octanol–water partition coefficient (Wildman–Crippen LogP) is 7.36. The van der Waals surface area contributed by atoms with E-state index in [0.717, 1.165) is 0 Å². The van der Waals surface area contributed by atoms with Crippen LogP contribution in [0.4, 0.5) is 0 Å². The Morgan fingerprint density at radius 2 is 1.20 bits per heavy atom. The predicted molar refractivity (Wildman–Crippen MR) is 135 cm³/mol. The van der Waals surface area contributed by atoms with Crippen molar-refractivity contribution in [1.82, 2.24) is 0 Å². The van der Waals surface area contributed by atoms with Crippen molar-refractivity contribution in [1.29, 1.82) is 0 Å².